The molecule has 98 valence electrons. The van der Waals surface area contributed by atoms with Crippen LogP contribution >= 0.6 is 27.5 Å². The van der Waals surface area contributed by atoms with E-state index in [-0.39, 0.29) is 17.3 Å². The molecule has 0 aromatic carbocycles. The van der Waals surface area contributed by atoms with Gasteiger partial charge in [0.05, 0.1) is 5.38 Å². The van der Waals surface area contributed by atoms with Crippen LogP contribution in [0.5, 0.6) is 0 Å². The number of hydrogen-bond acceptors (Lipinski definition) is 2. The van der Waals surface area contributed by atoms with Gasteiger partial charge in [0.15, 0.2) is 0 Å². The third-order valence-corrected chi connectivity index (χ3v) is 4.38. The quantitative estimate of drug-likeness (QED) is 0.665. The number of rotatable bonds is 2. The van der Waals surface area contributed by atoms with Crippen LogP contribution in [0.3, 0.4) is 0 Å². The number of amides is 1. The first-order valence-corrected chi connectivity index (χ1v) is 7.47. The maximum Gasteiger partial charge on any atom is 0.271 e. The van der Waals surface area contributed by atoms with Gasteiger partial charge in [-0.05, 0) is 40.9 Å². The first-order chi connectivity index (χ1) is 8.68. The van der Waals surface area contributed by atoms with E-state index in [0.717, 1.165) is 25.7 Å². The Morgan fingerprint density at radius 1 is 1.39 bits per heavy atom. The lowest BCUT2D eigenvalue weighted by molar-refractivity contribution is 0.0928. The van der Waals surface area contributed by atoms with Gasteiger partial charge >= 0.3 is 0 Å². The third kappa shape index (κ3) is 3.45. The van der Waals surface area contributed by atoms with Gasteiger partial charge in [0.2, 0.25) is 0 Å². The van der Waals surface area contributed by atoms with E-state index in [0.29, 0.717) is 10.2 Å². The average molecular weight is 332 g/mol. The number of halogens is 2. The van der Waals surface area contributed by atoms with Crippen LogP contribution in [0, 0.1) is 0 Å². The van der Waals surface area contributed by atoms with E-state index in [2.05, 4.69) is 26.2 Å². The van der Waals surface area contributed by atoms with Crippen LogP contribution in [0.1, 0.15) is 42.6 Å². The van der Waals surface area contributed by atoms with Crippen molar-refractivity contribution in [1.82, 2.24) is 10.3 Å². The summed E-state index contributed by atoms with van der Waals surface area (Å²) in [6.07, 6.45) is 7.00. The molecule has 1 aliphatic carbocycles. The van der Waals surface area contributed by atoms with Crippen LogP contribution in [0.25, 0.3) is 0 Å². The summed E-state index contributed by atoms with van der Waals surface area (Å²) in [5.41, 5.74) is 0.422. The van der Waals surface area contributed by atoms with Crippen molar-refractivity contribution in [1.29, 1.82) is 0 Å². The molecule has 2 unspecified atom stereocenters. The van der Waals surface area contributed by atoms with Crippen LogP contribution in [0.2, 0.25) is 0 Å². The highest BCUT2D eigenvalue weighted by atomic mass is 79.9. The monoisotopic (exact) mass is 330 g/mol. The van der Waals surface area contributed by atoms with Crippen molar-refractivity contribution in [3.63, 3.8) is 0 Å². The highest BCUT2D eigenvalue weighted by molar-refractivity contribution is 9.10. The molecule has 1 fully saturated rings. The summed E-state index contributed by atoms with van der Waals surface area (Å²) in [7, 11) is 0. The van der Waals surface area contributed by atoms with Crippen molar-refractivity contribution in [2.75, 3.05) is 0 Å². The molecule has 1 N–H and O–H groups in total. The zero-order valence-electron chi connectivity index (χ0n) is 10.0. The Morgan fingerprint density at radius 3 is 2.94 bits per heavy atom. The first kappa shape index (κ1) is 13.8. The fraction of sp³-hybridized carbons (Fsp3) is 0.538. The standard InChI is InChI=1S/C13H16BrClN2O/c14-9-5-4-8-16-12(9)13(18)17-11-7-3-1-2-6-10(11)15/h4-5,8,10-11H,1-3,6-7H2,(H,17,18). The van der Waals surface area contributed by atoms with Crippen molar-refractivity contribution in [3.8, 4) is 0 Å². The van der Waals surface area contributed by atoms with Crippen molar-refractivity contribution in [3.05, 3.63) is 28.5 Å². The first-order valence-electron chi connectivity index (χ1n) is 6.24. The van der Waals surface area contributed by atoms with Gasteiger partial charge in [0.25, 0.3) is 5.91 Å². The van der Waals surface area contributed by atoms with Crippen LogP contribution in [0.15, 0.2) is 22.8 Å². The number of pyridine rings is 1. The van der Waals surface area contributed by atoms with Gasteiger partial charge in [-0.25, -0.2) is 4.98 Å². The third-order valence-electron chi connectivity index (χ3n) is 3.22. The minimum absolute atomic E-state index is 0.0268. The Balaban J connectivity index is 2.04. The lowest BCUT2D eigenvalue weighted by Crippen LogP contribution is -2.40. The Labute approximate surface area is 120 Å². The minimum Gasteiger partial charge on any atom is -0.346 e. The van der Waals surface area contributed by atoms with E-state index < -0.39 is 0 Å². The Morgan fingerprint density at radius 2 is 2.17 bits per heavy atom. The number of carbonyl (C=O) groups excluding carboxylic acids is 1. The largest absolute Gasteiger partial charge is 0.346 e. The molecule has 0 bridgehead atoms. The Hall–Kier alpha value is -0.610. The zero-order chi connectivity index (χ0) is 13.0. The molecule has 1 heterocycles. The topological polar surface area (TPSA) is 42.0 Å². The van der Waals surface area contributed by atoms with E-state index >= 15 is 0 Å². The van der Waals surface area contributed by atoms with Crippen LogP contribution in [-0.4, -0.2) is 22.3 Å². The summed E-state index contributed by atoms with van der Waals surface area (Å²) >= 11 is 9.65. The van der Waals surface area contributed by atoms with Gasteiger partial charge in [-0.1, -0.05) is 19.3 Å². The molecule has 1 saturated carbocycles. The summed E-state index contributed by atoms with van der Waals surface area (Å²) in [4.78, 5) is 16.2. The van der Waals surface area contributed by atoms with E-state index in [1.807, 2.05) is 6.07 Å². The highest BCUT2D eigenvalue weighted by Crippen LogP contribution is 2.23. The molecule has 3 nitrogen and oxygen atoms in total. The number of nitrogens with zero attached hydrogens (tertiary/aromatic N) is 1. The molecule has 1 aromatic rings. The molecule has 18 heavy (non-hydrogen) atoms. The maximum atomic E-state index is 12.1. The van der Waals surface area contributed by atoms with Gasteiger partial charge in [-0.15, -0.1) is 11.6 Å². The number of hydrogen-bond donors (Lipinski definition) is 1. The van der Waals surface area contributed by atoms with Gasteiger partial charge < -0.3 is 5.32 Å². The molecule has 0 spiro atoms. The summed E-state index contributed by atoms with van der Waals surface area (Å²) in [5.74, 6) is -0.153. The number of carbonyl (C=O) groups is 1. The lowest BCUT2D eigenvalue weighted by Gasteiger charge is -2.21. The second-order valence-electron chi connectivity index (χ2n) is 4.57. The van der Waals surface area contributed by atoms with Crippen LogP contribution < -0.4 is 5.32 Å². The molecular weight excluding hydrogens is 316 g/mol. The minimum atomic E-state index is -0.153. The maximum absolute atomic E-state index is 12.1. The second kappa shape index (κ2) is 6.53. The molecule has 2 rings (SSSR count). The average Bonchev–Trinajstić information content (AvgIpc) is 2.55. The van der Waals surface area contributed by atoms with E-state index in [4.69, 9.17) is 11.6 Å². The molecule has 0 aliphatic heterocycles. The zero-order valence-corrected chi connectivity index (χ0v) is 12.4. The van der Waals surface area contributed by atoms with Crippen molar-refractivity contribution >= 4 is 33.4 Å². The molecule has 1 amide bonds. The van der Waals surface area contributed by atoms with Crippen molar-refractivity contribution in [2.24, 2.45) is 0 Å². The molecule has 0 radical (unpaired) electrons. The molecule has 5 heteroatoms. The normalized spacial score (nSPS) is 24.3. The van der Waals surface area contributed by atoms with Gasteiger partial charge in [0, 0.05) is 16.7 Å². The van der Waals surface area contributed by atoms with E-state index in [1.54, 1.807) is 12.3 Å². The number of alkyl halides is 1. The molecule has 0 saturated heterocycles. The predicted molar refractivity (Wildman–Crippen MR) is 75.9 cm³/mol. The molecular formula is C13H16BrClN2O. The van der Waals surface area contributed by atoms with Crippen LogP contribution in [-0.2, 0) is 0 Å². The number of aromatic nitrogens is 1. The molecule has 1 aliphatic rings. The predicted octanol–water partition coefficient (Wildman–Crippen LogP) is 3.51. The van der Waals surface area contributed by atoms with E-state index in [9.17, 15) is 4.79 Å². The summed E-state index contributed by atoms with van der Waals surface area (Å²) < 4.78 is 0.710. The second-order valence-corrected chi connectivity index (χ2v) is 5.98. The van der Waals surface area contributed by atoms with Crippen molar-refractivity contribution in [2.45, 2.75) is 43.5 Å². The Bertz CT molecular complexity index is 427. The Kier molecular flexibility index (Phi) is 5.01. The smallest absolute Gasteiger partial charge is 0.271 e. The summed E-state index contributed by atoms with van der Waals surface area (Å²) in [6.45, 7) is 0. The van der Waals surface area contributed by atoms with Gasteiger partial charge in [0.1, 0.15) is 5.69 Å². The SMILES string of the molecule is O=C(NC1CCCCCC1Cl)c1ncccc1Br. The molecule has 2 atom stereocenters. The van der Waals surface area contributed by atoms with Gasteiger partial charge in [-0.3, -0.25) is 4.79 Å². The van der Waals surface area contributed by atoms with E-state index in [1.165, 1.54) is 6.42 Å². The summed E-state index contributed by atoms with van der Waals surface area (Å²) in [5, 5.41) is 3.03. The highest BCUT2D eigenvalue weighted by Gasteiger charge is 2.24. The van der Waals surface area contributed by atoms with Crippen molar-refractivity contribution < 1.29 is 4.79 Å². The van der Waals surface area contributed by atoms with Crippen LogP contribution in [0.4, 0.5) is 0 Å². The lowest BCUT2D eigenvalue weighted by atomic mass is 10.1. The number of nitrogens with one attached hydrogen (secondary N) is 1. The van der Waals surface area contributed by atoms with Gasteiger partial charge in [-0.2, -0.15) is 0 Å². The molecule has 1 aromatic heterocycles. The fourth-order valence-electron chi connectivity index (χ4n) is 2.21. The fourth-order valence-corrected chi connectivity index (χ4v) is 2.99. The summed E-state index contributed by atoms with van der Waals surface area (Å²) in [6, 6.07) is 3.65.